The number of carbonyl (C=O) groups excluding carboxylic acids is 3. The number of hydrogen-bond acceptors (Lipinski definition) is 5. The maximum atomic E-state index is 13.0. The van der Waals surface area contributed by atoms with Gasteiger partial charge < -0.3 is 15.4 Å². The van der Waals surface area contributed by atoms with Crippen LogP contribution in [0.15, 0.2) is 41.8 Å². The molecule has 0 bridgehead atoms. The summed E-state index contributed by atoms with van der Waals surface area (Å²) in [5.74, 6) is -0.675. The van der Waals surface area contributed by atoms with Crippen molar-refractivity contribution in [3.8, 4) is 10.4 Å². The molecule has 160 valence electrons. The van der Waals surface area contributed by atoms with Gasteiger partial charge in [-0.05, 0) is 55.3 Å². The minimum atomic E-state index is -1.08. The molecule has 0 spiro atoms. The lowest BCUT2D eigenvalue weighted by Gasteiger charge is -2.30. The second kappa shape index (κ2) is 9.10. The molecule has 2 heterocycles. The first-order chi connectivity index (χ1) is 14.2. The van der Waals surface area contributed by atoms with Crippen molar-refractivity contribution in [1.82, 2.24) is 10.6 Å². The molecule has 3 rings (SSSR count). The first-order valence-corrected chi connectivity index (χ1v) is 11.0. The fourth-order valence-electron chi connectivity index (χ4n) is 3.43. The zero-order valence-corrected chi connectivity index (χ0v) is 18.5. The molecule has 0 unspecified atom stereocenters. The van der Waals surface area contributed by atoms with Crippen LogP contribution in [0, 0.1) is 5.92 Å². The summed E-state index contributed by atoms with van der Waals surface area (Å²) in [6, 6.07) is 10.6. The average molecular weight is 429 g/mol. The van der Waals surface area contributed by atoms with Gasteiger partial charge in [0.1, 0.15) is 18.2 Å². The third kappa shape index (κ3) is 4.79. The summed E-state index contributed by atoms with van der Waals surface area (Å²) in [5.41, 5.74) is 0.441. The van der Waals surface area contributed by atoms with E-state index in [2.05, 4.69) is 10.6 Å². The van der Waals surface area contributed by atoms with Crippen LogP contribution >= 0.6 is 11.3 Å². The predicted molar refractivity (Wildman–Crippen MR) is 117 cm³/mol. The summed E-state index contributed by atoms with van der Waals surface area (Å²) in [7, 11) is 0. The van der Waals surface area contributed by atoms with Crippen LogP contribution in [0.5, 0.6) is 0 Å². The van der Waals surface area contributed by atoms with Crippen LogP contribution in [0.1, 0.15) is 44.5 Å². The van der Waals surface area contributed by atoms with Gasteiger partial charge in [0.25, 0.3) is 5.91 Å². The first kappa shape index (κ1) is 22.2. The van der Waals surface area contributed by atoms with E-state index in [-0.39, 0.29) is 30.1 Å². The summed E-state index contributed by atoms with van der Waals surface area (Å²) in [4.78, 5) is 39.1. The largest absolute Gasteiger partial charge is 0.368 e. The second-order valence-electron chi connectivity index (χ2n) is 8.28. The molecule has 30 heavy (non-hydrogen) atoms. The molecule has 0 aliphatic carbocycles. The molecule has 6 nitrogen and oxygen atoms in total. The number of rotatable bonds is 7. The van der Waals surface area contributed by atoms with Gasteiger partial charge in [-0.1, -0.05) is 32.0 Å². The highest BCUT2D eigenvalue weighted by molar-refractivity contribution is 7.13. The second-order valence-corrected chi connectivity index (χ2v) is 9.23. The maximum Gasteiger partial charge on any atom is 0.251 e. The van der Waals surface area contributed by atoms with Crippen molar-refractivity contribution in [2.24, 2.45) is 5.92 Å². The predicted octanol–water partition coefficient (Wildman–Crippen LogP) is 3.42. The molecule has 1 fully saturated rings. The van der Waals surface area contributed by atoms with Gasteiger partial charge in [0.15, 0.2) is 5.78 Å². The van der Waals surface area contributed by atoms with E-state index in [1.165, 1.54) is 0 Å². The summed E-state index contributed by atoms with van der Waals surface area (Å²) >= 11 is 1.64. The van der Waals surface area contributed by atoms with Crippen LogP contribution in [0.3, 0.4) is 0 Å². The first-order valence-electron chi connectivity index (χ1n) is 10.1. The molecule has 1 aliphatic heterocycles. The van der Waals surface area contributed by atoms with E-state index in [9.17, 15) is 14.4 Å². The lowest BCUT2D eigenvalue weighted by Crippen LogP contribution is -2.60. The number of ether oxygens (including phenoxy) is 1. The Morgan fingerprint density at radius 3 is 2.47 bits per heavy atom. The van der Waals surface area contributed by atoms with Crippen molar-refractivity contribution >= 4 is 28.9 Å². The Kier molecular flexibility index (Phi) is 6.73. The molecule has 0 radical (unpaired) electrons. The molecule has 2 amide bonds. The molecule has 1 aromatic carbocycles. The van der Waals surface area contributed by atoms with Crippen molar-refractivity contribution in [2.45, 2.75) is 51.8 Å². The molecule has 2 aromatic rings. The minimum Gasteiger partial charge on any atom is -0.368 e. The van der Waals surface area contributed by atoms with Crippen LogP contribution in [-0.2, 0) is 14.3 Å². The fourth-order valence-corrected chi connectivity index (χ4v) is 4.16. The van der Waals surface area contributed by atoms with E-state index < -0.39 is 17.7 Å². The Bertz CT molecular complexity index is 908. The summed E-state index contributed by atoms with van der Waals surface area (Å²) in [5, 5.41) is 7.66. The van der Waals surface area contributed by atoms with E-state index >= 15 is 0 Å². The van der Waals surface area contributed by atoms with Gasteiger partial charge in [0.05, 0.1) is 6.10 Å². The van der Waals surface area contributed by atoms with Crippen LogP contribution in [0.25, 0.3) is 10.4 Å². The van der Waals surface area contributed by atoms with Gasteiger partial charge in [-0.25, -0.2) is 0 Å². The highest BCUT2D eigenvalue weighted by Gasteiger charge is 2.47. The maximum absolute atomic E-state index is 13.0. The number of carbonyl (C=O) groups is 3. The van der Waals surface area contributed by atoms with Gasteiger partial charge in [-0.15, -0.1) is 11.3 Å². The number of hydrogen-bond donors (Lipinski definition) is 2. The highest BCUT2D eigenvalue weighted by Crippen LogP contribution is 2.25. The van der Waals surface area contributed by atoms with E-state index in [0.717, 1.165) is 10.4 Å². The smallest absolute Gasteiger partial charge is 0.251 e. The standard InChI is InChI=1S/C23H28N2O4S/c1-14(2)12-18(22(28)25-23(4)15(3)29-13-20(23)26)24-21(27)17-9-7-16(8-10-17)19-6-5-11-30-19/h5-11,14-15,18H,12-13H2,1-4H3,(H,24,27)(H,25,28)/t15-,18+,23-/m1/s1. The number of amides is 2. The summed E-state index contributed by atoms with van der Waals surface area (Å²) in [6.45, 7) is 7.38. The highest BCUT2D eigenvalue weighted by atomic mass is 32.1. The van der Waals surface area contributed by atoms with E-state index in [4.69, 9.17) is 4.74 Å². The van der Waals surface area contributed by atoms with Crippen molar-refractivity contribution in [2.75, 3.05) is 6.61 Å². The van der Waals surface area contributed by atoms with Crippen LogP contribution in [0.4, 0.5) is 0 Å². The fraction of sp³-hybridized carbons (Fsp3) is 0.435. The van der Waals surface area contributed by atoms with Crippen LogP contribution in [0.2, 0.25) is 0 Å². The minimum absolute atomic E-state index is 0.0181. The molecule has 2 N–H and O–H groups in total. The number of ketones is 1. The SMILES string of the molecule is CC(C)C[C@H](NC(=O)c1ccc(-c2cccs2)cc1)C(=O)N[C@@]1(C)C(=O)CO[C@@H]1C. The number of benzene rings is 1. The Balaban J connectivity index is 1.71. The van der Waals surface area contributed by atoms with Crippen LogP contribution in [-0.4, -0.2) is 41.9 Å². The topological polar surface area (TPSA) is 84.5 Å². The molecule has 1 aromatic heterocycles. The molecular formula is C23H28N2O4S. The van der Waals surface area contributed by atoms with Crippen molar-refractivity contribution < 1.29 is 19.1 Å². The van der Waals surface area contributed by atoms with Gasteiger partial charge in [-0.3, -0.25) is 14.4 Å². The number of nitrogens with one attached hydrogen (secondary N) is 2. The van der Waals surface area contributed by atoms with E-state index in [1.807, 2.05) is 43.5 Å². The molecule has 7 heteroatoms. The monoisotopic (exact) mass is 428 g/mol. The van der Waals surface area contributed by atoms with Gasteiger partial charge in [0, 0.05) is 10.4 Å². The third-order valence-corrected chi connectivity index (χ3v) is 6.44. The Labute approximate surface area is 181 Å². The quantitative estimate of drug-likeness (QED) is 0.708. The van der Waals surface area contributed by atoms with Crippen LogP contribution < -0.4 is 10.6 Å². The van der Waals surface area contributed by atoms with Crippen molar-refractivity contribution in [3.63, 3.8) is 0 Å². The zero-order chi connectivity index (χ0) is 21.9. The van der Waals surface area contributed by atoms with Crippen molar-refractivity contribution in [3.05, 3.63) is 47.3 Å². The number of Topliss-reactive ketones (excluding diaryl/α,β-unsaturated/α-hetero) is 1. The summed E-state index contributed by atoms with van der Waals surface area (Å²) in [6.07, 6.45) is 0.0406. The Morgan fingerprint density at radius 2 is 1.93 bits per heavy atom. The van der Waals surface area contributed by atoms with E-state index in [0.29, 0.717) is 12.0 Å². The zero-order valence-electron chi connectivity index (χ0n) is 17.7. The van der Waals surface area contributed by atoms with Gasteiger partial charge in [-0.2, -0.15) is 0 Å². The van der Waals surface area contributed by atoms with Crippen molar-refractivity contribution in [1.29, 1.82) is 0 Å². The third-order valence-electron chi connectivity index (χ3n) is 5.52. The molecule has 0 saturated carbocycles. The van der Waals surface area contributed by atoms with Gasteiger partial charge in [0.2, 0.25) is 5.91 Å². The molecule has 1 saturated heterocycles. The molecule has 3 atom stereocenters. The Hall–Kier alpha value is -2.51. The lowest BCUT2D eigenvalue weighted by atomic mass is 9.92. The Morgan fingerprint density at radius 1 is 1.23 bits per heavy atom. The lowest BCUT2D eigenvalue weighted by molar-refractivity contribution is -0.130. The summed E-state index contributed by atoms with van der Waals surface area (Å²) < 4.78 is 5.38. The average Bonchev–Trinajstić information content (AvgIpc) is 3.32. The normalized spacial score (nSPS) is 22.2. The molecule has 1 aliphatic rings. The van der Waals surface area contributed by atoms with Gasteiger partial charge >= 0.3 is 0 Å². The molecular weight excluding hydrogens is 400 g/mol. The van der Waals surface area contributed by atoms with E-state index in [1.54, 1.807) is 37.3 Å². The number of thiophene rings is 1.